The molecule has 98 valence electrons. The maximum Gasteiger partial charge on any atom is 0.128 e. The van der Waals surface area contributed by atoms with Crippen molar-refractivity contribution in [2.45, 2.75) is 0 Å². The van der Waals surface area contributed by atoms with E-state index >= 15 is 0 Å². The molecule has 0 aliphatic rings. The molecule has 4 N–H and O–H groups in total. The number of methoxy groups -OCH3 is 1. The van der Waals surface area contributed by atoms with Crippen LogP contribution in [0.5, 0.6) is 5.75 Å². The van der Waals surface area contributed by atoms with Gasteiger partial charge in [-0.05, 0) is 35.9 Å². The summed E-state index contributed by atoms with van der Waals surface area (Å²) in [6, 6.07) is 13.3. The SMILES string of the molecule is COc1ccccc1/C(N)=C/c1ccc(Br)cc1N. The number of hydrogen-bond acceptors (Lipinski definition) is 3. The zero-order chi connectivity index (χ0) is 13.8. The molecule has 0 saturated carbocycles. The molecule has 2 rings (SSSR count). The van der Waals surface area contributed by atoms with Gasteiger partial charge in [-0.15, -0.1) is 0 Å². The molecule has 0 heterocycles. The van der Waals surface area contributed by atoms with Gasteiger partial charge in [-0.25, -0.2) is 0 Å². The maximum absolute atomic E-state index is 6.12. The fourth-order valence-corrected chi connectivity index (χ4v) is 2.18. The predicted molar refractivity (Wildman–Crippen MR) is 83.6 cm³/mol. The van der Waals surface area contributed by atoms with E-state index in [0.29, 0.717) is 11.4 Å². The molecule has 0 amide bonds. The van der Waals surface area contributed by atoms with E-state index in [2.05, 4.69) is 15.9 Å². The number of nitrogen functional groups attached to an aromatic ring is 1. The zero-order valence-electron chi connectivity index (χ0n) is 10.6. The van der Waals surface area contributed by atoms with Crippen LogP contribution in [-0.4, -0.2) is 7.11 Å². The topological polar surface area (TPSA) is 61.3 Å². The van der Waals surface area contributed by atoms with Crippen molar-refractivity contribution in [1.29, 1.82) is 0 Å². The first kappa shape index (κ1) is 13.5. The van der Waals surface area contributed by atoms with Crippen molar-refractivity contribution in [1.82, 2.24) is 0 Å². The lowest BCUT2D eigenvalue weighted by atomic mass is 10.1. The smallest absolute Gasteiger partial charge is 0.128 e. The molecule has 0 bridgehead atoms. The lowest BCUT2D eigenvalue weighted by Gasteiger charge is -2.09. The summed E-state index contributed by atoms with van der Waals surface area (Å²) < 4.78 is 6.24. The monoisotopic (exact) mass is 318 g/mol. The summed E-state index contributed by atoms with van der Waals surface area (Å²) in [6.07, 6.45) is 1.85. The van der Waals surface area contributed by atoms with Crippen molar-refractivity contribution >= 4 is 33.4 Å². The number of para-hydroxylation sites is 1. The highest BCUT2D eigenvalue weighted by atomic mass is 79.9. The van der Waals surface area contributed by atoms with E-state index in [1.54, 1.807) is 7.11 Å². The van der Waals surface area contributed by atoms with Gasteiger partial charge >= 0.3 is 0 Å². The average Bonchev–Trinajstić information content (AvgIpc) is 2.41. The highest BCUT2D eigenvalue weighted by Crippen LogP contribution is 2.26. The number of hydrogen-bond donors (Lipinski definition) is 2. The van der Waals surface area contributed by atoms with Crippen molar-refractivity contribution in [3.8, 4) is 5.75 Å². The van der Waals surface area contributed by atoms with Gasteiger partial charge in [0.25, 0.3) is 0 Å². The van der Waals surface area contributed by atoms with Crippen molar-refractivity contribution in [3.05, 3.63) is 58.1 Å². The predicted octanol–water partition coefficient (Wildman–Crippen LogP) is 3.50. The number of rotatable bonds is 3. The van der Waals surface area contributed by atoms with Crippen LogP contribution in [0.25, 0.3) is 11.8 Å². The molecule has 3 nitrogen and oxygen atoms in total. The first-order valence-electron chi connectivity index (χ1n) is 5.77. The minimum absolute atomic E-state index is 0.617. The summed E-state index contributed by atoms with van der Waals surface area (Å²) in [5.41, 5.74) is 15.1. The minimum Gasteiger partial charge on any atom is -0.496 e. The quantitative estimate of drug-likeness (QED) is 0.672. The van der Waals surface area contributed by atoms with Gasteiger partial charge in [-0.2, -0.15) is 0 Å². The van der Waals surface area contributed by atoms with Gasteiger partial charge in [0.2, 0.25) is 0 Å². The molecule has 0 radical (unpaired) electrons. The van der Waals surface area contributed by atoms with Crippen LogP contribution in [0.2, 0.25) is 0 Å². The third-order valence-corrected chi connectivity index (χ3v) is 3.27. The lowest BCUT2D eigenvalue weighted by Crippen LogP contribution is -2.00. The summed E-state index contributed by atoms with van der Waals surface area (Å²) in [5.74, 6) is 0.743. The van der Waals surface area contributed by atoms with Gasteiger partial charge in [0, 0.05) is 21.4 Å². The number of anilines is 1. The van der Waals surface area contributed by atoms with E-state index in [4.69, 9.17) is 16.2 Å². The van der Waals surface area contributed by atoms with Crippen LogP contribution in [0.1, 0.15) is 11.1 Å². The van der Waals surface area contributed by atoms with Crippen LogP contribution in [0.15, 0.2) is 46.9 Å². The Labute approximate surface area is 121 Å². The average molecular weight is 319 g/mol. The number of nitrogens with two attached hydrogens (primary N) is 2. The molecule has 0 aliphatic heterocycles. The van der Waals surface area contributed by atoms with E-state index in [1.165, 1.54) is 0 Å². The molecule has 0 saturated heterocycles. The largest absolute Gasteiger partial charge is 0.496 e. The van der Waals surface area contributed by atoms with Crippen molar-refractivity contribution in [2.75, 3.05) is 12.8 Å². The summed E-state index contributed by atoms with van der Waals surface area (Å²) in [7, 11) is 1.63. The standard InChI is InChI=1S/C15H15BrN2O/c1-19-15-5-3-2-4-12(15)14(18)8-10-6-7-11(16)9-13(10)17/h2-9H,17-18H2,1H3/b14-8-. The van der Waals surface area contributed by atoms with Crippen LogP contribution in [0.3, 0.4) is 0 Å². The van der Waals surface area contributed by atoms with Crippen molar-refractivity contribution in [3.63, 3.8) is 0 Å². The van der Waals surface area contributed by atoms with Crippen LogP contribution in [0, 0.1) is 0 Å². The molecule has 0 atom stereocenters. The van der Waals surface area contributed by atoms with E-state index in [0.717, 1.165) is 21.3 Å². The van der Waals surface area contributed by atoms with Gasteiger partial charge < -0.3 is 16.2 Å². The molecule has 0 spiro atoms. The Balaban J connectivity index is 2.42. The number of ether oxygens (including phenoxy) is 1. The Hall–Kier alpha value is -1.94. The van der Waals surface area contributed by atoms with E-state index in [-0.39, 0.29) is 0 Å². The Morgan fingerprint density at radius 1 is 1.21 bits per heavy atom. The summed E-state index contributed by atoms with van der Waals surface area (Å²) in [5, 5.41) is 0. The van der Waals surface area contributed by atoms with Gasteiger partial charge in [0.15, 0.2) is 0 Å². The van der Waals surface area contributed by atoms with Crippen LogP contribution >= 0.6 is 15.9 Å². The van der Waals surface area contributed by atoms with Crippen LogP contribution < -0.4 is 16.2 Å². The van der Waals surface area contributed by atoms with E-state index in [1.807, 2.05) is 48.5 Å². The van der Waals surface area contributed by atoms with E-state index in [9.17, 15) is 0 Å². The zero-order valence-corrected chi connectivity index (χ0v) is 12.1. The fraction of sp³-hybridized carbons (Fsp3) is 0.0667. The molecular weight excluding hydrogens is 304 g/mol. The second-order valence-electron chi connectivity index (χ2n) is 4.07. The fourth-order valence-electron chi connectivity index (χ4n) is 1.81. The highest BCUT2D eigenvalue weighted by molar-refractivity contribution is 9.10. The Kier molecular flexibility index (Phi) is 4.12. The molecule has 0 aliphatic carbocycles. The first-order valence-corrected chi connectivity index (χ1v) is 6.56. The second-order valence-corrected chi connectivity index (χ2v) is 4.99. The van der Waals surface area contributed by atoms with Crippen molar-refractivity contribution < 1.29 is 4.74 Å². The van der Waals surface area contributed by atoms with Crippen LogP contribution in [-0.2, 0) is 0 Å². The molecule has 19 heavy (non-hydrogen) atoms. The number of benzene rings is 2. The van der Waals surface area contributed by atoms with Gasteiger partial charge in [-0.3, -0.25) is 0 Å². The third-order valence-electron chi connectivity index (χ3n) is 2.78. The molecule has 0 fully saturated rings. The molecule has 4 heteroatoms. The van der Waals surface area contributed by atoms with Crippen molar-refractivity contribution in [2.24, 2.45) is 5.73 Å². The van der Waals surface area contributed by atoms with E-state index < -0.39 is 0 Å². The third kappa shape index (κ3) is 3.09. The normalized spacial score (nSPS) is 11.4. The first-order chi connectivity index (χ1) is 9.11. The Morgan fingerprint density at radius 2 is 1.95 bits per heavy atom. The van der Waals surface area contributed by atoms with Crippen LogP contribution in [0.4, 0.5) is 5.69 Å². The van der Waals surface area contributed by atoms with Gasteiger partial charge in [0.1, 0.15) is 5.75 Å². The maximum atomic E-state index is 6.12. The second kappa shape index (κ2) is 5.80. The number of halogens is 1. The van der Waals surface area contributed by atoms with Gasteiger partial charge in [0.05, 0.1) is 7.11 Å². The minimum atomic E-state index is 0.617. The summed E-state index contributed by atoms with van der Waals surface area (Å²) in [6.45, 7) is 0. The molecule has 2 aromatic carbocycles. The Morgan fingerprint density at radius 3 is 2.63 bits per heavy atom. The highest BCUT2D eigenvalue weighted by Gasteiger charge is 2.05. The Bertz CT molecular complexity index is 623. The lowest BCUT2D eigenvalue weighted by molar-refractivity contribution is 0.413. The molecular formula is C15H15BrN2O. The summed E-state index contributed by atoms with van der Waals surface area (Å²) in [4.78, 5) is 0. The van der Waals surface area contributed by atoms with Gasteiger partial charge in [-0.1, -0.05) is 34.1 Å². The molecule has 0 unspecified atom stereocenters. The molecule has 0 aromatic heterocycles. The molecule has 2 aromatic rings. The summed E-state index contributed by atoms with van der Waals surface area (Å²) >= 11 is 3.38.